The van der Waals surface area contributed by atoms with Crippen molar-refractivity contribution in [2.75, 3.05) is 20.2 Å². The molecule has 1 unspecified atom stereocenters. The molecule has 10 heteroatoms. The van der Waals surface area contributed by atoms with Gasteiger partial charge in [0.05, 0.1) is 13.7 Å². The van der Waals surface area contributed by atoms with Crippen molar-refractivity contribution < 1.29 is 35.6 Å². The molecule has 0 saturated carbocycles. The van der Waals surface area contributed by atoms with Crippen molar-refractivity contribution in [2.24, 2.45) is 0 Å². The lowest BCUT2D eigenvalue weighted by Crippen LogP contribution is -2.38. The van der Waals surface area contributed by atoms with E-state index in [-0.39, 0.29) is 11.6 Å². The zero-order valence-corrected chi connectivity index (χ0v) is 17.2. The van der Waals surface area contributed by atoms with E-state index in [1.54, 1.807) is 6.07 Å². The fourth-order valence-corrected chi connectivity index (χ4v) is 4.74. The Balaban J connectivity index is 1.90. The minimum atomic E-state index is -5.93. The average molecular weight is 453 g/mol. The maximum absolute atomic E-state index is 12.8. The molecule has 6 nitrogen and oxygen atoms in total. The molecule has 0 fully saturated rings. The van der Waals surface area contributed by atoms with Crippen molar-refractivity contribution >= 4 is 10.1 Å². The molecule has 1 heterocycles. The van der Waals surface area contributed by atoms with Crippen LogP contribution in [0.1, 0.15) is 22.7 Å². The standard InChI is InChI=1S/C21H18F3NO5S/c1-3-7-25-8-6-13-9-14(29-2)11-15-18(13)16(25)10-12-4-5-17(20(26)19(12)15)30-31(27,28)21(22,23)24/h1,4-5,9,11,16,26H,6-8,10H2,2H3. The van der Waals surface area contributed by atoms with E-state index in [9.17, 15) is 26.7 Å². The van der Waals surface area contributed by atoms with Gasteiger partial charge in [0.25, 0.3) is 0 Å². The molecule has 0 spiro atoms. The largest absolute Gasteiger partial charge is 0.534 e. The maximum Gasteiger partial charge on any atom is 0.534 e. The Hall–Kier alpha value is -2.90. The second kappa shape index (κ2) is 7.35. The van der Waals surface area contributed by atoms with Crippen LogP contribution in [0.2, 0.25) is 0 Å². The fraction of sp³-hybridized carbons (Fsp3) is 0.333. The SMILES string of the molecule is C#CCN1CCc2cc(OC)cc3c2C1Cc1ccc(OS(=O)(=O)C(F)(F)F)c(O)c1-3. The molecule has 1 aliphatic carbocycles. The Labute approximate surface area is 177 Å². The van der Waals surface area contributed by atoms with Gasteiger partial charge in [-0.15, -0.1) is 6.42 Å². The molecule has 2 aliphatic rings. The van der Waals surface area contributed by atoms with Crippen molar-refractivity contribution in [2.45, 2.75) is 24.4 Å². The number of aromatic hydroxyl groups is 1. The molecule has 1 N–H and O–H groups in total. The van der Waals surface area contributed by atoms with Gasteiger partial charge in [0.1, 0.15) is 5.75 Å². The molecule has 0 aromatic heterocycles. The van der Waals surface area contributed by atoms with E-state index in [0.717, 1.165) is 23.7 Å². The number of alkyl halides is 3. The zero-order chi connectivity index (χ0) is 22.6. The quantitative estimate of drug-likeness (QED) is 0.435. The van der Waals surface area contributed by atoms with Gasteiger partial charge in [-0.1, -0.05) is 12.0 Å². The van der Waals surface area contributed by atoms with E-state index < -0.39 is 27.1 Å². The molecule has 164 valence electrons. The molecule has 0 bridgehead atoms. The number of halogens is 3. The highest BCUT2D eigenvalue weighted by atomic mass is 32.2. The summed E-state index contributed by atoms with van der Waals surface area (Å²) in [6.45, 7) is 1.14. The third-order valence-corrected chi connectivity index (χ3v) is 6.57. The lowest BCUT2D eigenvalue weighted by atomic mass is 9.76. The minimum absolute atomic E-state index is 0.0849. The first kappa shape index (κ1) is 21.3. The minimum Gasteiger partial charge on any atom is -0.504 e. The predicted octanol–water partition coefficient (Wildman–Crippen LogP) is 3.38. The van der Waals surface area contributed by atoms with Crippen LogP contribution in [-0.2, 0) is 23.0 Å². The van der Waals surface area contributed by atoms with Crippen LogP contribution >= 0.6 is 0 Å². The summed E-state index contributed by atoms with van der Waals surface area (Å²) in [6.07, 6.45) is 6.63. The topological polar surface area (TPSA) is 76.1 Å². The van der Waals surface area contributed by atoms with E-state index in [0.29, 0.717) is 36.3 Å². The first-order chi connectivity index (χ1) is 14.6. The number of hydrogen-bond acceptors (Lipinski definition) is 6. The molecule has 0 radical (unpaired) electrons. The van der Waals surface area contributed by atoms with Gasteiger partial charge in [0.2, 0.25) is 0 Å². The summed E-state index contributed by atoms with van der Waals surface area (Å²) in [5.74, 6) is 1.69. The number of nitrogens with zero attached hydrogens (tertiary/aromatic N) is 1. The van der Waals surface area contributed by atoms with Crippen LogP contribution in [0.15, 0.2) is 24.3 Å². The first-order valence-corrected chi connectivity index (χ1v) is 10.7. The Morgan fingerprint density at radius 2 is 2.03 bits per heavy atom. The van der Waals surface area contributed by atoms with Crippen LogP contribution in [-0.4, -0.2) is 44.1 Å². The number of hydrogen-bond donors (Lipinski definition) is 1. The number of ether oxygens (including phenoxy) is 1. The third-order valence-electron chi connectivity index (χ3n) is 5.60. The van der Waals surface area contributed by atoms with Gasteiger partial charge in [-0.3, -0.25) is 4.90 Å². The van der Waals surface area contributed by atoms with Crippen molar-refractivity contribution in [3.8, 4) is 40.7 Å². The van der Waals surface area contributed by atoms with E-state index >= 15 is 0 Å². The summed E-state index contributed by atoms with van der Waals surface area (Å²) in [6, 6.07) is 5.96. The number of fused-ring (bicyclic) bond motifs is 2. The van der Waals surface area contributed by atoms with Crippen molar-refractivity contribution in [1.29, 1.82) is 0 Å². The van der Waals surface area contributed by atoms with Crippen LogP contribution in [0.3, 0.4) is 0 Å². The number of rotatable bonds is 4. The van der Waals surface area contributed by atoms with Crippen LogP contribution < -0.4 is 8.92 Å². The second-order valence-corrected chi connectivity index (χ2v) is 8.86. The molecular weight excluding hydrogens is 435 g/mol. The van der Waals surface area contributed by atoms with Crippen LogP contribution in [0.5, 0.6) is 17.2 Å². The van der Waals surface area contributed by atoms with Crippen molar-refractivity contribution in [3.05, 3.63) is 41.0 Å². The highest BCUT2D eigenvalue weighted by molar-refractivity contribution is 7.88. The van der Waals surface area contributed by atoms with E-state index in [1.807, 2.05) is 6.07 Å². The normalized spacial score (nSPS) is 18.0. The summed E-state index contributed by atoms with van der Waals surface area (Å²) in [5, 5.41) is 10.8. The highest BCUT2D eigenvalue weighted by Crippen LogP contribution is 2.52. The summed E-state index contributed by atoms with van der Waals surface area (Å²) in [5.41, 5.74) is -2.34. The smallest absolute Gasteiger partial charge is 0.504 e. The molecule has 1 aliphatic heterocycles. The lowest BCUT2D eigenvalue weighted by molar-refractivity contribution is -0.0500. The lowest BCUT2D eigenvalue weighted by Gasteiger charge is -2.41. The van der Waals surface area contributed by atoms with Gasteiger partial charge >= 0.3 is 15.6 Å². The van der Waals surface area contributed by atoms with E-state index in [1.165, 1.54) is 13.2 Å². The number of benzene rings is 2. The Kier molecular flexibility index (Phi) is 5.06. The van der Waals surface area contributed by atoms with Crippen molar-refractivity contribution in [1.82, 2.24) is 4.90 Å². The molecule has 4 rings (SSSR count). The summed E-state index contributed by atoms with van der Waals surface area (Å²) < 4.78 is 70.8. The summed E-state index contributed by atoms with van der Waals surface area (Å²) in [4.78, 5) is 2.12. The van der Waals surface area contributed by atoms with E-state index in [2.05, 4.69) is 15.0 Å². The van der Waals surface area contributed by atoms with Gasteiger partial charge in [-0.2, -0.15) is 21.6 Å². The molecular formula is C21H18F3NO5S. The van der Waals surface area contributed by atoms with Gasteiger partial charge in [0.15, 0.2) is 11.5 Å². The van der Waals surface area contributed by atoms with Crippen molar-refractivity contribution in [3.63, 3.8) is 0 Å². The van der Waals surface area contributed by atoms with Gasteiger partial charge in [-0.05, 0) is 53.3 Å². The van der Waals surface area contributed by atoms with Gasteiger partial charge < -0.3 is 14.0 Å². The molecule has 0 amide bonds. The Bertz CT molecular complexity index is 1200. The van der Waals surface area contributed by atoms with Crippen LogP contribution in [0.4, 0.5) is 13.2 Å². The molecule has 0 saturated heterocycles. The van der Waals surface area contributed by atoms with Gasteiger partial charge in [0, 0.05) is 18.2 Å². The van der Waals surface area contributed by atoms with Crippen LogP contribution in [0.25, 0.3) is 11.1 Å². The fourth-order valence-electron chi connectivity index (χ4n) is 4.27. The number of methoxy groups -OCH3 is 1. The predicted molar refractivity (Wildman–Crippen MR) is 106 cm³/mol. The van der Waals surface area contributed by atoms with Crippen LogP contribution in [0, 0.1) is 12.3 Å². The average Bonchev–Trinajstić information content (AvgIpc) is 2.70. The number of terminal acetylenes is 1. The number of phenolic OH excluding ortho intramolecular Hbond substituents is 1. The molecule has 2 aromatic rings. The zero-order valence-electron chi connectivity index (χ0n) is 16.4. The summed E-state index contributed by atoms with van der Waals surface area (Å²) in [7, 11) is -4.45. The monoisotopic (exact) mass is 453 g/mol. The Morgan fingerprint density at radius 3 is 2.68 bits per heavy atom. The van der Waals surface area contributed by atoms with Gasteiger partial charge in [-0.25, -0.2) is 0 Å². The summed E-state index contributed by atoms with van der Waals surface area (Å²) >= 11 is 0. The molecule has 1 atom stereocenters. The van der Waals surface area contributed by atoms with E-state index in [4.69, 9.17) is 11.2 Å². The highest BCUT2D eigenvalue weighted by Gasteiger charge is 2.49. The number of phenols is 1. The maximum atomic E-state index is 12.8. The third kappa shape index (κ3) is 3.47. The first-order valence-electron chi connectivity index (χ1n) is 9.31. The second-order valence-electron chi connectivity index (χ2n) is 7.32. The molecule has 2 aromatic carbocycles. The molecule has 31 heavy (non-hydrogen) atoms. The Morgan fingerprint density at radius 1 is 1.29 bits per heavy atom.